The molecule has 120 valence electrons. The van der Waals surface area contributed by atoms with Gasteiger partial charge < -0.3 is 9.88 Å². The first-order valence-electron chi connectivity index (χ1n) is 7.78. The van der Waals surface area contributed by atoms with Crippen LogP contribution in [0.3, 0.4) is 0 Å². The lowest BCUT2D eigenvalue weighted by molar-refractivity contribution is 0.0932. The molecule has 3 aromatic heterocycles. The van der Waals surface area contributed by atoms with Gasteiger partial charge in [0.05, 0.1) is 16.3 Å². The second kappa shape index (κ2) is 5.19. The van der Waals surface area contributed by atoms with Crippen LogP contribution in [0.15, 0.2) is 12.3 Å². The van der Waals surface area contributed by atoms with Crippen LogP contribution < -0.4 is 5.32 Å². The predicted octanol–water partition coefficient (Wildman–Crippen LogP) is 2.19. The largest absolute Gasteiger partial charge is 0.347 e. The number of nitrogens with one attached hydrogen (secondary N) is 1. The summed E-state index contributed by atoms with van der Waals surface area (Å²) in [6.07, 6.45) is 3.91. The molecule has 0 spiro atoms. The maximum atomic E-state index is 12.6. The molecule has 0 radical (unpaired) electrons. The van der Waals surface area contributed by atoms with Crippen molar-refractivity contribution in [1.82, 2.24) is 24.6 Å². The van der Waals surface area contributed by atoms with Gasteiger partial charge in [-0.3, -0.25) is 9.48 Å². The Morgan fingerprint density at radius 2 is 2.26 bits per heavy atom. The number of fused-ring (bicyclic) bond motifs is 2. The third-order valence-corrected chi connectivity index (χ3v) is 5.57. The molecule has 1 amide bonds. The van der Waals surface area contributed by atoms with E-state index in [4.69, 9.17) is 0 Å². The minimum atomic E-state index is 0.0101. The molecule has 6 nitrogen and oxygen atoms in total. The van der Waals surface area contributed by atoms with Crippen molar-refractivity contribution >= 4 is 27.5 Å². The molecular weight excluding hydrogens is 310 g/mol. The van der Waals surface area contributed by atoms with Gasteiger partial charge in [-0.1, -0.05) is 0 Å². The van der Waals surface area contributed by atoms with E-state index < -0.39 is 0 Å². The fourth-order valence-electron chi connectivity index (χ4n) is 3.28. The summed E-state index contributed by atoms with van der Waals surface area (Å²) < 4.78 is 4.00. The van der Waals surface area contributed by atoms with E-state index in [0.29, 0.717) is 0 Å². The molecular formula is C16H19N5OS. The second-order valence-corrected chi connectivity index (χ2v) is 7.23. The lowest BCUT2D eigenvalue weighted by Crippen LogP contribution is -2.40. The van der Waals surface area contributed by atoms with Crippen molar-refractivity contribution in [3.8, 4) is 0 Å². The monoisotopic (exact) mass is 329 g/mol. The van der Waals surface area contributed by atoms with Crippen molar-refractivity contribution in [2.24, 2.45) is 7.05 Å². The number of carbonyl (C=O) groups excluding carboxylic acids is 1. The Morgan fingerprint density at radius 3 is 3.04 bits per heavy atom. The average Bonchev–Trinajstić information content (AvgIpc) is 3.14. The first-order valence-corrected chi connectivity index (χ1v) is 8.59. The van der Waals surface area contributed by atoms with Crippen molar-refractivity contribution in [3.05, 3.63) is 34.4 Å². The van der Waals surface area contributed by atoms with Gasteiger partial charge in [-0.05, 0) is 26.3 Å². The molecule has 1 N–H and O–H groups in total. The average molecular weight is 329 g/mol. The number of hydrogen-bond acceptors (Lipinski definition) is 4. The summed E-state index contributed by atoms with van der Waals surface area (Å²) in [5.74, 6) is 1.13. The molecule has 0 unspecified atom stereocenters. The Labute approximate surface area is 138 Å². The number of imidazole rings is 1. The first kappa shape index (κ1) is 14.4. The second-order valence-electron chi connectivity index (χ2n) is 6.20. The summed E-state index contributed by atoms with van der Waals surface area (Å²) in [5, 5.41) is 8.62. The lowest BCUT2D eigenvalue weighted by Gasteiger charge is -2.24. The van der Waals surface area contributed by atoms with Crippen molar-refractivity contribution in [2.45, 2.75) is 39.3 Å². The molecule has 0 saturated carbocycles. The van der Waals surface area contributed by atoms with Crippen molar-refractivity contribution < 1.29 is 4.79 Å². The van der Waals surface area contributed by atoms with Gasteiger partial charge in [0, 0.05) is 37.6 Å². The van der Waals surface area contributed by atoms with Crippen LogP contribution in [0.25, 0.3) is 10.2 Å². The van der Waals surface area contributed by atoms with E-state index in [-0.39, 0.29) is 11.9 Å². The number of amides is 1. The Hall–Kier alpha value is -2.15. The van der Waals surface area contributed by atoms with Gasteiger partial charge in [-0.2, -0.15) is 5.10 Å². The number of thiophene rings is 1. The third-order valence-electron chi connectivity index (χ3n) is 4.37. The molecule has 1 atom stereocenters. The highest BCUT2D eigenvalue weighted by Crippen LogP contribution is 2.27. The highest BCUT2D eigenvalue weighted by atomic mass is 32.1. The Morgan fingerprint density at radius 1 is 1.43 bits per heavy atom. The van der Waals surface area contributed by atoms with Crippen molar-refractivity contribution in [2.75, 3.05) is 0 Å². The van der Waals surface area contributed by atoms with Crippen molar-refractivity contribution in [3.63, 3.8) is 0 Å². The van der Waals surface area contributed by atoms with Gasteiger partial charge in [-0.25, -0.2) is 4.98 Å². The van der Waals surface area contributed by atoms with Gasteiger partial charge in [0.15, 0.2) is 0 Å². The van der Waals surface area contributed by atoms with E-state index in [1.165, 1.54) is 11.3 Å². The molecule has 0 fully saturated rings. The smallest absolute Gasteiger partial charge is 0.261 e. The van der Waals surface area contributed by atoms with Crippen LogP contribution in [0.4, 0.5) is 0 Å². The van der Waals surface area contributed by atoms with Gasteiger partial charge in [0.25, 0.3) is 5.91 Å². The summed E-state index contributed by atoms with van der Waals surface area (Å²) in [6.45, 7) is 4.78. The van der Waals surface area contributed by atoms with E-state index in [1.54, 1.807) is 0 Å². The summed E-state index contributed by atoms with van der Waals surface area (Å²) in [7, 11) is 1.91. The van der Waals surface area contributed by atoms with Gasteiger partial charge >= 0.3 is 0 Å². The highest BCUT2D eigenvalue weighted by Gasteiger charge is 2.23. The normalized spacial score (nSPS) is 17.4. The minimum absolute atomic E-state index is 0.0101. The van der Waals surface area contributed by atoms with E-state index in [9.17, 15) is 4.79 Å². The topological polar surface area (TPSA) is 64.7 Å². The number of aryl methyl sites for hydroxylation is 4. The van der Waals surface area contributed by atoms with Crippen LogP contribution in [0.5, 0.6) is 0 Å². The van der Waals surface area contributed by atoms with Crippen LogP contribution in [0.1, 0.15) is 33.3 Å². The quantitative estimate of drug-likeness (QED) is 0.784. The van der Waals surface area contributed by atoms with Crippen LogP contribution in [0, 0.1) is 13.8 Å². The van der Waals surface area contributed by atoms with E-state index in [1.807, 2.05) is 31.6 Å². The number of aromatic nitrogens is 4. The zero-order valence-corrected chi connectivity index (χ0v) is 14.3. The number of carbonyl (C=O) groups is 1. The van der Waals surface area contributed by atoms with Crippen LogP contribution >= 0.6 is 11.3 Å². The fraction of sp³-hybridized carbons (Fsp3) is 0.438. The van der Waals surface area contributed by atoms with E-state index >= 15 is 0 Å². The Bertz CT molecular complexity index is 869. The first-order chi connectivity index (χ1) is 11.0. The molecule has 0 aromatic carbocycles. The van der Waals surface area contributed by atoms with Gasteiger partial charge in [0.1, 0.15) is 10.7 Å². The molecule has 1 aliphatic heterocycles. The summed E-state index contributed by atoms with van der Waals surface area (Å²) in [5.41, 5.74) is 2.01. The van der Waals surface area contributed by atoms with Gasteiger partial charge in [-0.15, -0.1) is 11.3 Å². The number of hydrogen-bond donors (Lipinski definition) is 1. The molecule has 0 saturated heterocycles. The van der Waals surface area contributed by atoms with Gasteiger partial charge in [0.2, 0.25) is 0 Å². The standard InChI is InChI=1S/C16H19N5OS/c1-9-7-21-8-11(4-5-14(21)17-9)18-15(22)13-6-12-10(2)19-20(3)16(12)23-13/h6-7,11H,4-5,8H2,1-3H3,(H,18,22)/t11-/m1/s1. The molecule has 7 heteroatoms. The number of rotatable bonds is 2. The zero-order valence-electron chi connectivity index (χ0n) is 13.5. The van der Waals surface area contributed by atoms with Crippen LogP contribution in [0.2, 0.25) is 0 Å². The highest BCUT2D eigenvalue weighted by molar-refractivity contribution is 7.20. The molecule has 23 heavy (non-hydrogen) atoms. The van der Waals surface area contributed by atoms with Crippen molar-refractivity contribution in [1.29, 1.82) is 0 Å². The molecule has 3 aromatic rings. The third kappa shape index (κ3) is 2.45. The fourth-order valence-corrected chi connectivity index (χ4v) is 4.30. The number of nitrogens with zero attached hydrogens (tertiary/aromatic N) is 4. The summed E-state index contributed by atoms with van der Waals surface area (Å²) >= 11 is 1.50. The lowest BCUT2D eigenvalue weighted by atomic mass is 10.1. The molecule has 0 bridgehead atoms. The zero-order chi connectivity index (χ0) is 16.1. The molecule has 4 rings (SSSR count). The predicted molar refractivity (Wildman–Crippen MR) is 89.9 cm³/mol. The Kier molecular flexibility index (Phi) is 3.26. The molecule has 4 heterocycles. The summed E-state index contributed by atoms with van der Waals surface area (Å²) in [4.78, 5) is 18.9. The van der Waals surface area contributed by atoms with Crippen LogP contribution in [-0.4, -0.2) is 31.3 Å². The minimum Gasteiger partial charge on any atom is -0.347 e. The Balaban J connectivity index is 1.52. The maximum Gasteiger partial charge on any atom is 0.261 e. The maximum absolute atomic E-state index is 12.6. The summed E-state index contributed by atoms with van der Waals surface area (Å²) in [6, 6.07) is 2.11. The SMILES string of the molecule is Cc1cn2c(n1)CC[C@@H](NC(=O)c1cc3c(C)nn(C)c3s1)C2. The van der Waals surface area contributed by atoms with Crippen LogP contribution in [-0.2, 0) is 20.0 Å². The molecule has 0 aliphatic carbocycles. The van der Waals surface area contributed by atoms with E-state index in [2.05, 4.69) is 26.2 Å². The molecule has 1 aliphatic rings. The van der Waals surface area contributed by atoms with E-state index in [0.717, 1.165) is 51.7 Å².